The maximum atomic E-state index is 13.4. The zero-order valence-corrected chi connectivity index (χ0v) is 8.90. The predicted octanol–water partition coefficient (Wildman–Crippen LogP) is 2.55. The standard InChI is InChI=1S/C9H7BrF2O2/c1-14-8-3-5(11)2-6(9(8)12)7(13)4-10/h2-3H,4H2,1H3. The van der Waals surface area contributed by atoms with E-state index < -0.39 is 17.4 Å². The number of rotatable bonds is 3. The largest absolute Gasteiger partial charge is 0.494 e. The van der Waals surface area contributed by atoms with E-state index in [1.165, 1.54) is 7.11 Å². The van der Waals surface area contributed by atoms with Crippen LogP contribution in [0.3, 0.4) is 0 Å². The highest BCUT2D eigenvalue weighted by molar-refractivity contribution is 9.09. The molecule has 0 radical (unpaired) electrons. The molecular weight excluding hydrogens is 258 g/mol. The second-order valence-electron chi connectivity index (χ2n) is 2.53. The molecule has 2 nitrogen and oxygen atoms in total. The molecule has 0 N–H and O–H groups in total. The Bertz CT molecular complexity index is 366. The van der Waals surface area contributed by atoms with Crippen LogP contribution in [0.15, 0.2) is 12.1 Å². The Labute approximate surface area is 88.0 Å². The Morgan fingerprint density at radius 3 is 2.64 bits per heavy atom. The van der Waals surface area contributed by atoms with Gasteiger partial charge in [0.05, 0.1) is 18.0 Å². The number of Topliss-reactive ketones (excluding diaryl/α,β-unsaturated/α-hetero) is 1. The van der Waals surface area contributed by atoms with Gasteiger partial charge in [-0.1, -0.05) is 15.9 Å². The summed E-state index contributed by atoms with van der Waals surface area (Å²) in [5, 5.41) is -0.0590. The molecule has 0 atom stereocenters. The zero-order chi connectivity index (χ0) is 10.7. The number of hydrogen-bond donors (Lipinski definition) is 0. The van der Waals surface area contributed by atoms with Gasteiger partial charge >= 0.3 is 0 Å². The SMILES string of the molecule is COc1cc(F)cc(C(=O)CBr)c1F. The van der Waals surface area contributed by atoms with Gasteiger partial charge in [-0.2, -0.15) is 0 Å². The maximum Gasteiger partial charge on any atom is 0.176 e. The van der Waals surface area contributed by atoms with Gasteiger partial charge in [-0.05, 0) is 6.07 Å². The van der Waals surface area contributed by atoms with Crippen LogP contribution in [0.2, 0.25) is 0 Å². The Morgan fingerprint density at radius 2 is 2.14 bits per heavy atom. The average Bonchev–Trinajstić information content (AvgIpc) is 2.19. The van der Waals surface area contributed by atoms with Crippen molar-refractivity contribution in [2.45, 2.75) is 0 Å². The van der Waals surface area contributed by atoms with E-state index in [4.69, 9.17) is 0 Å². The van der Waals surface area contributed by atoms with E-state index >= 15 is 0 Å². The van der Waals surface area contributed by atoms with E-state index in [0.717, 1.165) is 12.1 Å². The van der Waals surface area contributed by atoms with E-state index in [9.17, 15) is 13.6 Å². The molecule has 0 bridgehead atoms. The van der Waals surface area contributed by atoms with Crippen LogP contribution >= 0.6 is 15.9 Å². The number of ketones is 1. The van der Waals surface area contributed by atoms with E-state index in [2.05, 4.69) is 20.7 Å². The first-order valence-corrected chi connectivity index (χ1v) is 4.84. The van der Waals surface area contributed by atoms with Crippen LogP contribution in [-0.2, 0) is 0 Å². The van der Waals surface area contributed by atoms with Crippen molar-refractivity contribution in [2.75, 3.05) is 12.4 Å². The summed E-state index contributed by atoms with van der Waals surface area (Å²) in [5.41, 5.74) is -0.307. The van der Waals surface area contributed by atoms with Crippen molar-refractivity contribution in [3.05, 3.63) is 29.3 Å². The van der Waals surface area contributed by atoms with Gasteiger partial charge in [0.2, 0.25) is 0 Å². The van der Waals surface area contributed by atoms with Crippen LogP contribution in [0, 0.1) is 11.6 Å². The Balaban J connectivity index is 3.29. The summed E-state index contributed by atoms with van der Waals surface area (Å²) < 4.78 is 30.8. The van der Waals surface area contributed by atoms with E-state index in [1.807, 2.05) is 0 Å². The van der Waals surface area contributed by atoms with Crippen molar-refractivity contribution in [2.24, 2.45) is 0 Å². The van der Waals surface area contributed by atoms with Crippen LogP contribution in [-0.4, -0.2) is 18.2 Å². The van der Waals surface area contributed by atoms with Crippen molar-refractivity contribution in [1.82, 2.24) is 0 Å². The van der Waals surface area contributed by atoms with Crippen LogP contribution in [0.5, 0.6) is 5.75 Å². The fourth-order valence-electron chi connectivity index (χ4n) is 0.988. The lowest BCUT2D eigenvalue weighted by Gasteiger charge is -2.05. The minimum absolute atomic E-state index is 0.0590. The zero-order valence-electron chi connectivity index (χ0n) is 7.31. The number of benzene rings is 1. The molecule has 0 aliphatic heterocycles. The Kier molecular flexibility index (Phi) is 3.57. The third kappa shape index (κ3) is 2.09. The van der Waals surface area contributed by atoms with Gasteiger partial charge < -0.3 is 4.74 Å². The normalized spacial score (nSPS) is 10.0. The van der Waals surface area contributed by atoms with Crippen molar-refractivity contribution in [3.63, 3.8) is 0 Å². The second-order valence-corrected chi connectivity index (χ2v) is 3.09. The number of carbonyl (C=O) groups excluding carboxylic acids is 1. The summed E-state index contributed by atoms with van der Waals surface area (Å²) in [6.07, 6.45) is 0. The highest BCUT2D eigenvalue weighted by Gasteiger charge is 2.16. The molecule has 1 rings (SSSR count). The molecular formula is C9H7BrF2O2. The average molecular weight is 265 g/mol. The third-order valence-electron chi connectivity index (χ3n) is 1.65. The number of methoxy groups -OCH3 is 1. The monoisotopic (exact) mass is 264 g/mol. The van der Waals surface area contributed by atoms with Crippen LogP contribution in [0.4, 0.5) is 8.78 Å². The fraction of sp³-hybridized carbons (Fsp3) is 0.222. The number of ether oxygens (including phenoxy) is 1. The van der Waals surface area contributed by atoms with Gasteiger partial charge in [0, 0.05) is 6.07 Å². The number of carbonyl (C=O) groups is 1. The molecule has 0 saturated carbocycles. The molecule has 0 unspecified atom stereocenters. The number of halogens is 3. The topological polar surface area (TPSA) is 26.3 Å². The molecule has 1 aromatic carbocycles. The molecule has 0 fully saturated rings. The van der Waals surface area contributed by atoms with E-state index in [-0.39, 0.29) is 16.6 Å². The van der Waals surface area contributed by atoms with Gasteiger partial charge in [-0.25, -0.2) is 8.78 Å². The first-order valence-electron chi connectivity index (χ1n) is 3.72. The Morgan fingerprint density at radius 1 is 1.50 bits per heavy atom. The van der Waals surface area contributed by atoms with Gasteiger partial charge in [-0.3, -0.25) is 4.79 Å². The summed E-state index contributed by atoms with van der Waals surface area (Å²) in [6, 6.07) is 1.74. The molecule has 0 aliphatic carbocycles. The van der Waals surface area contributed by atoms with Gasteiger partial charge in [0.1, 0.15) is 5.82 Å². The highest BCUT2D eigenvalue weighted by Crippen LogP contribution is 2.22. The van der Waals surface area contributed by atoms with E-state index in [1.54, 1.807) is 0 Å². The van der Waals surface area contributed by atoms with Crippen molar-refractivity contribution >= 4 is 21.7 Å². The lowest BCUT2D eigenvalue weighted by atomic mass is 10.1. The summed E-state index contributed by atoms with van der Waals surface area (Å²) in [5.74, 6) is -2.33. The predicted molar refractivity (Wildman–Crippen MR) is 51.0 cm³/mol. The lowest BCUT2D eigenvalue weighted by Crippen LogP contribution is -2.05. The molecule has 76 valence electrons. The molecule has 0 spiro atoms. The molecule has 0 aliphatic rings. The Hall–Kier alpha value is -0.970. The van der Waals surface area contributed by atoms with Crippen LogP contribution in [0.1, 0.15) is 10.4 Å². The first-order chi connectivity index (χ1) is 6.60. The summed E-state index contributed by atoms with van der Waals surface area (Å²) in [7, 11) is 1.21. The molecule has 1 aromatic rings. The molecule has 0 aromatic heterocycles. The second kappa shape index (κ2) is 4.50. The smallest absolute Gasteiger partial charge is 0.176 e. The summed E-state index contributed by atoms with van der Waals surface area (Å²) >= 11 is 2.88. The third-order valence-corrected chi connectivity index (χ3v) is 2.15. The molecule has 14 heavy (non-hydrogen) atoms. The first kappa shape index (κ1) is 11.1. The maximum absolute atomic E-state index is 13.4. The molecule has 0 amide bonds. The van der Waals surface area contributed by atoms with Crippen LogP contribution in [0.25, 0.3) is 0 Å². The van der Waals surface area contributed by atoms with Crippen molar-refractivity contribution < 1.29 is 18.3 Å². The minimum Gasteiger partial charge on any atom is -0.494 e. The lowest BCUT2D eigenvalue weighted by molar-refractivity contribution is 0.101. The molecule has 0 saturated heterocycles. The minimum atomic E-state index is -0.835. The van der Waals surface area contributed by atoms with Gasteiger partial charge in [-0.15, -0.1) is 0 Å². The highest BCUT2D eigenvalue weighted by atomic mass is 79.9. The fourth-order valence-corrected chi connectivity index (χ4v) is 1.29. The number of alkyl halides is 1. The van der Waals surface area contributed by atoms with Crippen molar-refractivity contribution in [1.29, 1.82) is 0 Å². The summed E-state index contributed by atoms with van der Waals surface area (Å²) in [6.45, 7) is 0. The van der Waals surface area contributed by atoms with Gasteiger partial charge in [0.15, 0.2) is 17.3 Å². The molecule has 5 heteroatoms. The van der Waals surface area contributed by atoms with Crippen molar-refractivity contribution in [3.8, 4) is 5.75 Å². The van der Waals surface area contributed by atoms with Gasteiger partial charge in [0.25, 0.3) is 0 Å². The summed E-state index contributed by atoms with van der Waals surface area (Å²) in [4.78, 5) is 11.1. The quantitative estimate of drug-likeness (QED) is 0.620. The van der Waals surface area contributed by atoms with E-state index in [0.29, 0.717) is 0 Å². The number of hydrogen-bond acceptors (Lipinski definition) is 2. The molecule has 0 heterocycles. The van der Waals surface area contributed by atoms with Crippen LogP contribution < -0.4 is 4.74 Å².